The molecular weight excluding hydrogens is 336 g/mol. The normalized spacial score (nSPS) is 10.6. The van der Waals surface area contributed by atoms with E-state index < -0.39 is 0 Å². The van der Waals surface area contributed by atoms with Crippen molar-refractivity contribution in [2.24, 2.45) is 0 Å². The molecule has 0 N–H and O–H groups in total. The molecule has 0 saturated heterocycles. The zero-order valence-electron chi connectivity index (χ0n) is 15.1. The number of carbonyl (C=O) groups excluding carboxylic acids is 1. The van der Waals surface area contributed by atoms with Crippen molar-refractivity contribution in [2.45, 2.75) is 5.92 Å². The van der Waals surface area contributed by atoms with E-state index in [0.717, 1.165) is 11.1 Å². The Bertz CT molecular complexity index is 851. The second kappa shape index (κ2) is 8.81. The summed E-state index contributed by atoms with van der Waals surface area (Å²) in [6.45, 7) is 8.23. The van der Waals surface area contributed by atoms with Crippen LogP contribution in [-0.2, 0) is 0 Å². The first-order chi connectivity index (χ1) is 13.2. The van der Waals surface area contributed by atoms with Crippen molar-refractivity contribution < 1.29 is 9.32 Å². The highest BCUT2D eigenvalue weighted by Crippen LogP contribution is 2.31. The first-order valence-corrected chi connectivity index (χ1v) is 8.82. The van der Waals surface area contributed by atoms with Gasteiger partial charge in [-0.05, 0) is 11.1 Å². The van der Waals surface area contributed by atoms with Crippen molar-refractivity contribution in [1.82, 2.24) is 10.1 Å². The summed E-state index contributed by atoms with van der Waals surface area (Å²) in [6, 6.07) is 21.9. The van der Waals surface area contributed by atoms with Gasteiger partial charge in [0.15, 0.2) is 0 Å². The molecule has 1 heterocycles. The van der Waals surface area contributed by atoms with Gasteiger partial charge < -0.3 is 9.42 Å². The smallest absolute Gasteiger partial charge is 0.293 e. The van der Waals surface area contributed by atoms with Gasteiger partial charge in [-0.2, -0.15) is 0 Å². The number of carbonyl (C=O) groups is 1. The van der Waals surface area contributed by atoms with Crippen LogP contribution in [0, 0.1) is 0 Å². The number of rotatable bonds is 8. The maximum atomic E-state index is 12.7. The van der Waals surface area contributed by atoms with Crippen molar-refractivity contribution in [3.63, 3.8) is 0 Å². The third-order valence-corrected chi connectivity index (χ3v) is 4.29. The Kier molecular flexibility index (Phi) is 6.00. The lowest BCUT2D eigenvalue weighted by molar-refractivity contribution is 0.0749. The highest BCUT2D eigenvalue weighted by atomic mass is 16.5. The predicted octanol–water partition coefficient (Wildman–Crippen LogP) is 4.67. The zero-order chi connectivity index (χ0) is 19.1. The average molecular weight is 358 g/mol. The summed E-state index contributed by atoms with van der Waals surface area (Å²) in [5.41, 5.74) is 2.88. The van der Waals surface area contributed by atoms with Crippen LogP contribution in [-0.4, -0.2) is 29.1 Å². The van der Waals surface area contributed by atoms with Crippen LogP contribution >= 0.6 is 0 Å². The zero-order valence-corrected chi connectivity index (χ0v) is 15.1. The predicted molar refractivity (Wildman–Crippen MR) is 107 cm³/mol. The Morgan fingerprint density at radius 2 is 1.48 bits per heavy atom. The van der Waals surface area contributed by atoms with Gasteiger partial charge in [0.1, 0.15) is 0 Å². The maximum Gasteiger partial charge on any atom is 0.293 e. The van der Waals surface area contributed by atoms with Crippen molar-refractivity contribution in [3.05, 3.63) is 115 Å². The fraction of sp³-hybridized carbons (Fsp3) is 0.130. The quantitative estimate of drug-likeness (QED) is 0.550. The lowest BCUT2D eigenvalue weighted by Gasteiger charge is -2.17. The molecular formula is C23H22N2O2. The molecule has 0 saturated carbocycles. The lowest BCUT2D eigenvalue weighted by atomic mass is 9.88. The maximum absolute atomic E-state index is 12.7. The van der Waals surface area contributed by atoms with Gasteiger partial charge in [0.05, 0.1) is 11.6 Å². The summed E-state index contributed by atoms with van der Waals surface area (Å²) in [6.07, 6.45) is 3.35. The summed E-state index contributed by atoms with van der Waals surface area (Å²) in [4.78, 5) is 14.3. The number of amides is 1. The van der Waals surface area contributed by atoms with E-state index in [1.54, 1.807) is 23.1 Å². The third-order valence-electron chi connectivity index (χ3n) is 4.29. The van der Waals surface area contributed by atoms with Gasteiger partial charge in [0, 0.05) is 19.2 Å². The molecule has 2 aromatic carbocycles. The summed E-state index contributed by atoms with van der Waals surface area (Å²) in [7, 11) is 0. The number of aromatic nitrogens is 1. The van der Waals surface area contributed by atoms with E-state index in [-0.39, 0.29) is 17.6 Å². The van der Waals surface area contributed by atoms with Crippen LogP contribution in [0.4, 0.5) is 0 Å². The molecule has 0 aliphatic rings. The van der Waals surface area contributed by atoms with Crippen LogP contribution in [0.5, 0.6) is 0 Å². The summed E-state index contributed by atoms with van der Waals surface area (Å²) in [5.74, 6) is -0.121. The van der Waals surface area contributed by atoms with Crippen molar-refractivity contribution >= 4 is 5.91 Å². The van der Waals surface area contributed by atoms with Crippen molar-refractivity contribution in [3.8, 4) is 0 Å². The van der Waals surface area contributed by atoms with Gasteiger partial charge in [-0.3, -0.25) is 4.79 Å². The molecule has 0 aliphatic heterocycles. The van der Waals surface area contributed by atoms with Crippen LogP contribution in [0.1, 0.15) is 33.3 Å². The van der Waals surface area contributed by atoms with Crippen LogP contribution in [0.25, 0.3) is 0 Å². The number of hydrogen-bond acceptors (Lipinski definition) is 3. The SMILES string of the molecule is C=CCN(CC=C)C(=O)c1cc(C(c2ccccc2)c2ccccc2)no1. The van der Waals surface area contributed by atoms with Gasteiger partial charge in [-0.15, -0.1) is 13.2 Å². The summed E-state index contributed by atoms with van der Waals surface area (Å²) >= 11 is 0. The fourth-order valence-electron chi connectivity index (χ4n) is 3.06. The molecule has 1 amide bonds. The lowest BCUT2D eigenvalue weighted by Crippen LogP contribution is -2.31. The van der Waals surface area contributed by atoms with E-state index in [0.29, 0.717) is 18.8 Å². The molecule has 0 spiro atoms. The number of benzene rings is 2. The van der Waals surface area contributed by atoms with E-state index in [1.165, 1.54) is 0 Å². The highest BCUT2D eigenvalue weighted by molar-refractivity contribution is 5.91. The van der Waals surface area contributed by atoms with Gasteiger partial charge in [0.2, 0.25) is 5.76 Å². The van der Waals surface area contributed by atoms with E-state index in [2.05, 4.69) is 42.6 Å². The largest absolute Gasteiger partial charge is 0.351 e. The molecule has 4 heteroatoms. The minimum atomic E-state index is -0.228. The van der Waals surface area contributed by atoms with Crippen LogP contribution in [0.3, 0.4) is 0 Å². The second-order valence-corrected chi connectivity index (χ2v) is 6.16. The first kappa shape index (κ1) is 18.4. The second-order valence-electron chi connectivity index (χ2n) is 6.16. The van der Waals surface area contributed by atoms with E-state index in [1.807, 2.05) is 36.4 Å². The Morgan fingerprint density at radius 1 is 0.963 bits per heavy atom. The molecule has 0 atom stereocenters. The van der Waals surface area contributed by atoms with E-state index >= 15 is 0 Å². The van der Waals surface area contributed by atoms with Gasteiger partial charge in [-0.1, -0.05) is 78.0 Å². The first-order valence-electron chi connectivity index (χ1n) is 8.82. The number of nitrogens with zero attached hydrogens (tertiary/aromatic N) is 2. The average Bonchev–Trinajstić information content (AvgIpc) is 3.19. The Balaban J connectivity index is 1.97. The minimum absolute atomic E-state index is 0.107. The van der Waals surface area contributed by atoms with Gasteiger partial charge in [-0.25, -0.2) is 0 Å². The molecule has 4 nitrogen and oxygen atoms in total. The van der Waals surface area contributed by atoms with E-state index in [9.17, 15) is 4.79 Å². The molecule has 0 radical (unpaired) electrons. The minimum Gasteiger partial charge on any atom is -0.351 e. The molecule has 0 aliphatic carbocycles. The molecule has 1 aromatic heterocycles. The number of hydrogen-bond donors (Lipinski definition) is 0. The molecule has 136 valence electrons. The van der Waals surface area contributed by atoms with Crippen molar-refractivity contribution in [2.75, 3.05) is 13.1 Å². The summed E-state index contributed by atoms with van der Waals surface area (Å²) in [5, 5.41) is 4.22. The monoisotopic (exact) mass is 358 g/mol. The molecule has 0 fully saturated rings. The third kappa shape index (κ3) is 4.23. The Hall–Kier alpha value is -3.40. The standard InChI is InChI=1S/C23H22N2O2/c1-3-15-25(16-4-2)23(26)21-17-20(24-27-21)22(18-11-7-5-8-12-18)19-13-9-6-10-14-19/h3-14,17,22H,1-2,15-16H2. The van der Waals surface area contributed by atoms with Gasteiger partial charge in [0.25, 0.3) is 5.91 Å². The Morgan fingerprint density at radius 3 is 1.96 bits per heavy atom. The van der Waals surface area contributed by atoms with Gasteiger partial charge >= 0.3 is 0 Å². The van der Waals surface area contributed by atoms with Crippen LogP contribution in [0.2, 0.25) is 0 Å². The molecule has 3 rings (SSSR count). The fourth-order valence-corrected chi connectivity index (χ4v) is 3.06. The summed E-state index contributed by atoms with van der Waals surface area (Å²) < 4.78 is 5.41. The Labute approximate surface area is 159 Å². The highest BCUT2D eigenvalue weighted by Gasteiger charge is 2.24. The van der Waals surface area contributed by atoms with Crippen molar-refractivity contribution in [1.29, 1.82) is 0 Å². The molecule has 27 heavy (non-hydrogen) atoms. The molecule has 0 bridgehead atoms. The van der Waals surface area contributed by atoms with E-state index in [4.69, 9.17) is 4.52 Å². The molecule has 3 aromatic rings. The topological polar surface area (TPSA) is 46.3 Å². The van der Waals surface area contributed by atoms with Crippen LogP contribution < -0.4 is 0 Å². The molecule has 0 unspecified atom stereocenters. The van der Waals surface area contributed by atoms with Crippen LogP contribution in [0.15, 0.2) is 96.6 Å².